The highest BCUT2D eigenvalue weighted by Gasteiger charge is 2.43. The minimum Gasteiger partial charge on any atom is -0.492 e. The summed E-state index contributed by atoms with van der Waals surface area (Å²) in [7, 11) is 0. The normalized spacial score (nSPS) is 16.2. The molecule has 2 saturated heterocycles. The van der Waals surface area contributed by atoms with Crippen LogP contribution in [0.15, 0.2) is 53.1 Å². The Bertz CT molecular complexity index is 1410. The third-order valence-corrected chi connectivity index (χ3v) is 7.90. The van der Waals surface area contributed by atoms with Crippen LogP contribution in [0.5, 0.6) is 5.75 Å². The van der Waals surface area contributed by atoms with Gasteiger partial charge in [0, 0.05) is 47.5 Å². The number of carbonyl (C=O) groups is 1. The zero-order valence-corrected chi connectivity index (χ0v) is 24.9. The molecule has 2 aliphatic heterocycles. The van der Waals surface area contributed by atoms with Crippen molar-refractivity contribution in [2.45, 2.75) is 51.9 Å². The summed E-state index contributed by atoms with van der Waals surface area (Å²) in [4.78, 5) is 14.9. The smallest absolute Gasteiger partial charge is 0.225 e. The van der Waals surface area contributed by atoms with Gasteiger partial charge in [-0.25, -0.2) is 0 Å². The van der Waals surface area contributed by atoms with Crippen molar-refractivity contribution in [2.24, 2.45) is 5.41 Å². The number of benzene rings is 2. The predicted octanol–water partition coefficient (Wildman–Crippen LogP) is 6.09. The lowest BCUT2D eigenvalue weighted by molar-refractivity contribution is -0.116. The molecule has 2 aliphatic rings. The van der Waals surface area contributed by atoms with E-state index >= 15 is 0 Å². The minimum atomic E-state index is -0.159. The highest BCUT2D eigenvalue weighted by molar-refractivity contribution is 6.32. The van der Waals surface area contributed by atoms with E-state index in [-0.39, 0.29) is 11.3 Å². The third-order valence-electron chi connectivity index (χ3n) is 7.60. The van der Waals surface area contributed by atoms with Gasteiger partial charge in [0.25, 0.3) is 0 Å². The molecule has 1 amide bonds. The number of ether oxygens (including phenoxy) is 2. The number of nitrogens with one attached hydrogen (secondary N) is 1. The van der Waals surface area contributed by atoms with Crippen LogP contribution in [0.2, 0.25) is 5.02 Å². The van der Waals surface area contributed by atoms with Crippen molar-refractivity contribution >= 4 is 23.3 Å². The van der Waals surface area contributed by atoms with Crippen LogP contribution in [0.3, 0.4) is 0 Å². The van der Waals surface area contributed by atoms with E-state index in [4.69, 9.17) is 25.6 Å². The molecule has 2 aromatic carbocycles. The van der Waals surface area contributed by atoms with E-state index in [0.29, 0.717) is 41.5 Å². The van der Waals surface area contributed by atoms with E-state index in [0.717, 1.165) is 61.7 Å². The molecule has 0 saturated carbocycles. The molecule has 0 atom stereocenters. The van der Waals surface area contributed by atoms with Gasteiger partial charge >= 0.3 is 0 Å². The Morgan fingerprint density at radius 2 is 1.88 bits per heavy atom. The summed E-state index contributed by atoms with van der Waals surface area (Å²) in [5.41, 5.74) is 3.05. The number of halogens is 1. The van der Waals surface area contributed by atoms with Gasteiger partial charge in [0.15, 0.2) is 5.82 Å². The first-order valence-electron chi connectivity index (χ1n) is 14.3. The molecule has 216 valence electrons. The van der Waals surface area contributed by atoms with Crippen LogP contribution in [0.25, 0.3) is 0 Å². The Morgan fingerprint density at radius 3 is 2.54 bits per heavy atom. The fraction of sp³-hybridized carbons (Fsp3) is 0.455. The first kappa shape index (κ1) is 29.2. The summed E-state index contributed by atoms with van der Waals surface area (Å²) in [6, 6.07) is 15.4. The molecular weight excluding hydrogens is 538 g/mol. The first-order valence-corrected chi connectivity index (χ1v) is 14.7. The van der Waals surface area contributed by atoms with Gasteiger partial charge in [-0.05, 0) is 61.7 Å². The van der Waals surface area contributed by atoms with Crippen LogP contribution in [0, 0.1) is 17.3 Å². The quantitative estimate of drug-likeness (QED) is 0.246. The van der Waals surface area contributed by atoms with Crippen molar-refractivity contribution in [1.29, 1.82) is 0 Å². The van der Waals surface area contributed by atoms with Crippen molar-refractivity contribution in [3.8, 4) is 17.6 Å². The lowest BCUT2D eigenvalue weighted by atomic mass is 9.85. The predicted molar refractivity (Wildman–Crippen MR) is 160 cm³/mol. The van der Waals surface area contributed by atoms with E-state index in [1.54, 1.807) is 6.07 Å². The summed E-state index contributed by atoms with van der Waals surface area (Å²) < 4.78 is 16.7. The van der Waals surface area contributed by atoms with Gasteiger partial charge in [0.05, 0.1) is 24.8 Å². The second-order valence-electron chi connectivity index (χ2n) is 12.2. The van der Waals surface area contributed by atoms with E-state index < -0.39 is 0 Å². The van der Waals surface area contributed by atoms with Crippen LogP contribution >= 0.6 is 11.6 Å². The molecule has 3 aromatic rings. The molecule has 0 radical (unpaired) electrons. The molecule has 3 heterocycles. The number of aromatic nitrogens is 1. The maximum absolute atomic E-state index is 12.3. The molecule has 0 bridgehead atoms. The molecule has 1 spiro atoms. The van der Waals surface area contributed by atoms with E-state index in [1.807, 2.05) is 63.2 Å². The van der Waals surface area contributed by atoms with Gasteiger partial charge in [-0.1, -0.05) is 61.5 Å². The van der Waals surface area contributed by atoms with Crippen LogP contribution in [-0.2, 0) is 21.4 Å². The molecule has 2 fully saturated rings. The fourth-order valence-electron chi connectivity index (χ4n) is 5.06. The van der Waals surface area contributed by atoms with Crippen molar-refractivity contribution in [3.63, 3.8) is 0 Å². The topological polar surface area (TPSA) is 76.8 Å². The summed E-state index contributed by atoms with van der Waals surface area (Å²) >= 11 is 6.48. The second kappa shape index (κ2) is 12.7. The zero-order valence-electron chi connectivity index (χ0n) is 24.1. The molecule has 0 unspecified atom stereocenters. The lowest BCUT2D eigenvalue weighted by Crippen LogP contribution is -2.44. The highest BCUT2D eigenvalue weighted by atomic mass is 35.5. The number of anilines is 1. The standard InChI is InChI=1S/C33H38ClN3O4/c1-32(2,3)29-20-30(36-41-29)35-31(38)14-12-25-7-5-24(6-8-25)9-10-26-11-13-28(27(34)19-26)40-18-4-16-37-17-15-33(21-37)22-39-23-33/h5-8,11,13,19-20H,4,12,14-18,21-23H2,1-3H3,(H,35,36,38). The van der Waals surface area contributed by atoms with E-state index in [9.17, 15) is 4.79 Å². The maximum Gasteiger partial charge on any atom is 0.225 e. The third kappa shape index (κ3) is 7.91. The molecule has 5 rings (SSSR count). The van der Waals surface area contributed by atoms with Gasteiger partial charge in [-0.15, -0.1) is 0 Å². The second-order valence-corrected chi connectivity index (χ2v) is 12.6. The summed E-state index contributed by atoms with van der Waals surface area (Å²) in [6.07, 6.45) is 3.18. The Balaban J connectivity index is 1.04. The number of carbonyl (C=O) groups excluding carboxylic acids is 1. The van der Waals surface area contributed by atoms with Crippen LogP contribution < -0.4 is 10.1 Å². The van der Waals surface area contributed by atoms with Crippen molar-refractivity contribution in [1.82, 2.24) is 10.1 Å². The van der Waals surface area contributed by atoms with Crippen LogP contribution in [-0.4, -0.2) is 55.4 Å². The monoisotopic (exact) mass is 575 g/mol. The molecule has 8 heteroatoms. The number of aryl methyl sites for hydroxylation is 1. The van der Waals surface area contributed by atoms with Gasteiger partial charge in [0.2, 0.25) is 5.91 Å². The largest absolute Gasteiger partial charge is 0.492 e. The van der Waals surface area contributed by atoms with Gasteiger partial charge < -0.3 is 24.2 Å². The first-order chi connectivity index (χ1) is 19.7. The SMILES string of the molecule is CC(C)(C)c1cc(NC(=O)CCc2ccc(C#Cc3ccc(OCCCN4CCC5(COC5)C4)c(Cl)c3)cc2)no1. The average molecular weight is 576 g/mol. The Hall–Kier alpha value is -3.31. The molecule has 41 heavy (non-hydrogen) atoms. The number of nitrogens with zero attached hydrogens (tertiary/aromatic N) is 2. The molecule has 0 aliphatic carbocycles. The number of hydrogen-bond donors (Lipinski definition) is 1. The Labute approximate surface area is 247 Å². The zero-order chi connectivity index (χ0) is 28.9. The minimum absolute atomic E-state index is 0.101. The molecular formula is C33H38ClN3O4. The van der Waals surface area contributed by atoms with Crippen molar-refractivity contribution < 1.29 is 18.8 Å². The Kier molecular flexibility index (Phi) is 9.03. The fourth-order valence-corrected chi connectivity index (χ4v) is 5.30. The van der Waals surface area contributed by atoms with Crippen molar-refractivity contribution in [2.75, 3.05) is 44.8 Å². The summed E-state index contributed by atoms with van der Waals surface area (Å²) in [6.45, 7) is 11.9. The summed E-state index contributed by atoms with van der Waals surface area (Å²) in [5.74, 6) is 8.13. The number of rotatable bonds is 9. The van der Waals surface area contributed by atoms with Gasteiger partial charge in [0.1, 0.15) is 11.5 Å². The average Bonchev–Trinajstić information content (AvgIpc) is 3.58. The van der Waals surface area contributed by atoms with Gasteiger partial charge in [-0.2, -0.15) is 0 Å². The van der Waals surface area contributed by atoms with E-state index in [2.05, 4.69) is 27.2 Å². The highest BCUT2D eigenvalue weighted by Crippen LogP contribution is 2.37. The lowest BCUT2D eigenvalue weighted by Gasteiger charge is -2.37. The Morgan fingerprint density at radius 1 is 1.12 bits per heavy atom. The number of amides is 1. The molecule has 1 aromatic heterocycles. The number of hydrogen-bond acceptors (Lipinski definition) is 6. The molecule has 1 N–H and O–H groups in total. The number of likely N-dealkylation sites (tertiary alicyclic amines) is 1. The van der Waals surface area contributed by atoms with Gasteiger partial charge in [-0.3, -0.25) is 4.79 Å². The summed E-state index contributed by atoms with van der Waals surface area (Å²) in [5, 5.41) is 7.31. The van der Waals surface area contributed by atoms with Crippen LogP contribution in [0.4, 0.5) is 5.82 Å². The van der Waals surface area contributed by atoms with E-state index in [1.165, 1.54) is 6.42 Å². The molecule has 7 nitrogen and oxygen atoms in total. The van der Waals surface area contributed by atoms with Crippen molar-refractivity contribution in [3.05, 3.63) is 76.0 Å². The maximum atomic E-state index is 12.3. The van der Waals surface area contributed by atoms with Crippen LogP contribution in [0.1, 0.15) is 62.5 Å².